The van der Waals surface area contributed by atoms with E-state index >= 15 is 0 Å². The first-order valence-electron chi connectivity index (χ1n) is 24.6. The molecule has 5 heterocycles. The summed E-state index contributed by atoms with van der Waals surface area (Å²) in [6, 6.07) is 50.1. The van der Waals surface area contributed by atoms with Crippen LogP contribution in [0.2, 0.25) is 0 Å². The molecule has 0 unspecified atom stereocenters. The van der Waals surface area contributed by atoms with E-state index in [-0.39, 0.29) is 33.8 Å². The van der Waals surface area contributed by atoms with Gasteiger partial charge < -0.3 is 14.2 Å². The maximum Gasteiger partial charge on any atom is 0.264 e. The van der Waals surface area contributed by atoms with Gasteiger partial charge in [-0.25, -0.2) is 0 Å². The molecular formula is C62H58BN3S. The molecule has 0 N–H and O–H groups in total. The lowest BCUT2D eigenvalue weighted by Crippen LogP contribution is -2.60. The van der Waals surface area contributed by atoms with E-state index < -0.39 is 0 Å². The Bertz CT molecular complexity index is 3820. The van der Waals surface area contributed by atoms with Crippen molar-refractivity contribution in [2.75, 3.05) is 9.80 Å². The van der Waals surface area contributed by atoms with Gasteiger partial charge in [0, 0.05) is 53.5 Å². The minimum absolute atomic E-state index is 0.00301. The predicted octanol–water partition coefficient (Wildman–Crippen LogP) is 15.3. The number of thiophene rings is 1. The summed E-state index contributed by atoms with van der Waals surface area (Å²) in [4.78, 5) is 5.48. The largest absolute Gasteiger partial charge is 0.311 e. The van der Waals surface area contributed by atoms with Crippen LogP contribution in [0, 0.1) is 0 Å². The molecule has 3 nitrogen and oxygen atoms in total. The van der Waals surface area contributed by atoms with Crippen LogP contribution in [-0.4, -0.2) is 11.1 Å². The lowest BCUT2D eigenvalue weighted by atomic mass is 9.35. The van der Waals surface area contributed by atoms with Crippen molar-refractivity contribution < 1.29 is 0 Å². The van der Waals surface area contributed by atoms with Crippen LogP contribution in [0.15, 0.2) is 127 Å². The molecule has 0 saturated carbocycles. The van der Waals surface area contributed by atoms with Crippen molar-refractivity contribution in [3.05, 3.63) is 155 Å². The number of aromatic nitrogens is 1. The minimum Gasteiger partial charge on any atom is -0.311 e. The maximum absolute atomic E-state index is 2.77. The van der Waals surface area contributed by atoms with E-state index in [4.69, 9.17) is 0 Å². The second kappa shape index (κ2) is 12.5. The molecule has 330 valence electrons. The van der Waals surface area contributed by atoms with Crippen molar-refractivity contribution in [1.82, 2.24) is 4.40 Å². The standard InChI is InChI=1S/C62H58BN3S/c1-58(2,3)35-25-28-49-40(29-35)53-57(67-49)63-45-31-43-44(62(10,11)34-61(43,8)9)32-48(45)64(37-26-27-41-42(30-37)60(6,7)33-59(41,4)5)55-50-38-21-15-17-23-46(38)66-47-24-18-16-22-39(47)51(54(50)66)56(52(55)63)65(53)36-19-13-12-14-20-36/h12-32H,33-34H2,1-11H3. The fourth-order valence-corrected chi connectivity index (χ4v) is 16.0. The maximum atomic E-state index is 2.77. The van der Waals surface area contributed by atoms with Crippen LogP contribution in [0.4, 0.5) is 34.1 Å². The Balaban J connectivity index is 1.24. The van der Waals surface area contributed by atoms with Crippen LogP contribution >= 0.6 is 11.3 Å². The Kier molecular flexibility index (Phi) is 7.50. The minimum atomic E-state index is -0.00301. The first kappa shape index (κ1) is 40.1. The molecule has 0 atom stereocenters. The molecule has 0 fully saturated rings. The Labute approximate surface area is 399 Å². The van der Waals surface area contributed by atoms with Gasteiger partial charge >= 0.3 is 0 Å². The van der Waals surface area contributed by atoms with E-state index in [1.807, 2.05) is 11.3 Å². The number of hydrogen-bond donors (Lipinski definition) is 0. The van der Waals surface area contributed by atoms with E-state index in [0.29, 0.717) is 0 Å². The molecule has 14 rings (SSSR count). The molecule has 0 spiro atoms. The molecule has 7 aromatic carbocycles. The zero-order valence-electron chi connectivity index (χ0n) is 40.9. The second-order valence-corrected chi connectivity index (χ2v) is 25.5. The van der Waals surface area contributed by atoms with E-state index in [1.54, 1.807) is 0 Å². The van der Waals surface area contributed by atoms with E-state index in [0.717, 1.165) is 12.8 Å². The van der Waals surface area contributed by atoms with Gasteiger partial charge in [-0.1, -0.05) is 149 Å². The van der Waals surface area contributed by atoms with Crippen LogP contribution in [0.3, 0.4) is 0 Å². The van der Waals surface area contributed by atoms with Gasteiger partial charge in [0.25, 0.3) is 6.71 Å². The third-order valence-corrected chi connectivity index (χ3v) is 18.2. The lowest BCUT2D eigenvalue weighted by Gasteiger charge is -2.44. The number of rotatable bonds is 2. The van der Waals surface area contributed by atoms with Crippen molar-refractivity contribution >= 4 is 116 Å². The summed E-state index contributed by atoms with van der Waals surface area (Å²) in [7, 11) is 0. The number of benzene rings is 7. The Morgan fingerprint density at radius 2 is 1.07 bits per heavy atom. The molecular weight excluding hydrogens is 830 g/mol. The van der Waals surface area contributed by atoms with Crippen molar-refractivity contribution in [1.29, 1.82) is 0 Å². The zero-order valence-corrected chi connectivity index (χ0v) is 41.7. The van der Waals surface area contributed by atoms with Crippen molar-refractivity contribution in [3.8, 4) is 0 Å². The first-order valence-corrected chi connectivity index (χ1v) is 25.5. The van der Waals surface area contributed by atoms with Crippen molar-refractivity contribution in [2.24, 2.45) is 0 Å². The second-order valence-electron chi connectivity index (χ2n) is 24.4. The summed E-state index contributed by atoms with van der Waals surface area (Å²) >= 11 is 2.02. The van der Waals surface area contributed by atoms with Crippen LogP contribution < -0.4 is 25.5 Å². The average Bonchev–Trinajstić information content (AvgIpc) is 4.02. The van der Waals surface area contributed by atoms with Gasteiger partial charge in [-0.15, -0.1) is 11.3 Å². The van der Waals surface area contributed by atoms with Crippen molar-refractivity contribution in [3.63, 3.8) is 0 Å². The number of hydrogen-bond acceptors (Lipinski definition) is 3. The Hall–Kier alpha value is -6.04. The van der Waals surface area contributed by atoms with E-state index in [1.165, 1.54) is 126 Å². The fourth-order valence-electron chi connectivity index (χ4n) is 14.7. The van der Waals surface area contributed by atoms with E-state index in [9.17, 15) is 0 Å². The quantitative estimate of drug-likeness (QED) is 0.160. The number of anilines is 6. The monoisotopic (exact) mass is 887 g/mol. The highest BCUT2D eigenvalue weighted by Crippen LogP contribution is 2.59. The van der Waals surface area contributed by atoms with Crippen LogP contribution in [0.25, 0.3) is 48.2 Å². The topological polar surface area (TPSA) is 10.9 Å². The molecule has 5 heteroatoms. The molecule has 4 aliphatic rings. The summed E-state index contributed by atoms with van der Waals surface area (Å²) in [5.41, 5.74) is 22.0. The molecule has 2 aliphatic carbocycles. The molecule has 2 aliphatic heterocycles. The zero-order chi connectivity index (χ0) is 46.1. The van der Waals surface area contributed by atoms with Gasteiger partial charge in [-0.3, -0.25) is 0 Å². The summed E-state index contributed by atoms with van der Waals surface area (Å²) in [6.45, 7) is 26.8. The van der Waals surface area contributed by atoms with Crippen molar-refractivity contribution in [2.45, 2.75) is 116 Å². The Morgan fingerprint density at radius 3 is 1.72 bits per heavy atom. The van der Waals surface area contributed by atoms with Crippen LogP contribution in [-0.2, 0) is 27.1 Å². The van der Waals surface area contributed by atoms with Gasteiger partial charge in [0.2, 0.25) is 0 Å². The molecule has 10 aromatic rings. The fraction of sp³-hybridized carbons (Fsp3) is 0.290. The molecule has 0 radical (unpaired) electrons. The summed E-state index contributed by atoms with van der Waals surface area (Å²) in [5.74, 6) is 0. The highest BCUT2D eigenvalue weighted by atomic mass is 32.1. The van der Waals surface area contributed by atoms with Gasteiger partial charge in [-0.05, 0) is 133 Å². The number of fused-ring (bicyclic) bond motifs is 16. The molecule has 0 bridgehead atoms. The third kappa shape index (κ3) is 5.04. The lowest BCUT2D eigenvalue weighted by molar-refractivity contribution is 0.403. The highest BCUT2D eigenvalue weighted by Gasteiger charge is 2.51. The normalized spacial score (nSPS) is 18.3. The Morgan fingerprint density at radius 1 is 0.507 bits per heavy atom. The molecule has 0 saturated heterocycles. The smallest absolute Gasteiger partial charge is 0.264 e. The molecule has 0 amide bonds. The summed E-state index contributed by atoms with van der Waals surface area (Å²) < 4.78 is 5.40. The van der Waals surface area contributed by atoms with Gasteiger partial charge in [0.1, 0.15) is 0 Å². The predicted molar refractivity (Wildman–Crippen MR) is 291 cm³/mol. The third-order valence-electron chi connectivity index (χ3n) is 17.0. The van der Waals surface area contributed by atoms with E-state index in [2.05, 4.69) is 218 Å². The SMILES string of the molecule is CC(C)(C)c1ccc2sc3c(c2c1)N(c1ccccc1)c1c2c(c4c5ccccc5n5c6ccccc6c1c45)N(c1ccc4c(c1)C(C)(C)CC4(C)C)c1cc4c(cc1B32)C(C)(C)CC4(C)C. The molecule has 3 aromatic heterocycles. The molecule has 67 heavy (non-hydrogen) atoms. The van der Waals surface area contributed by atoms with Crippen LogP contribution in [0.1, 0.15) is 117 Å². The highest BCUT2D eigenvalue weighted by molar-refractivity contribution is 7.33. The summed E-state index contributed by atoms with van der Waals surface area (Å²) in [6.07, 6.45) is 2.25. The number of nitrogens with zero attached hydrogens (tertiary/aromatic N) is 3. The number of para-hydroxylation sites is 3. The van der Waals surface area contributed by atoms with Gasteiger partial charge in [-0.2, -0.15) is 0 Å². The van der Waals surface area contributed by atoms with Gasteiger partial charge in [0.15, 0.2) is 0 Å². The average molecular weight is 888 g/mol. The summed E-state index contributed by atoms with van der Waals surface area (Å²) in [5, 5.41) is 6.65. The van der Waals surface area contributed by atoms with Crippen LogP contribution in [0.5, 0.6) is 0 Å². The first-order chi connectivity index (χ1) is 31.9. The van der Waals surface area contributed by atoms with Gasteiger partial charge in [0.05, 0.1) is 33.6 Å².